The van der Waals surface area contributed by atoms with Crippen molar-refractivity contribution in [1.29, 1.82) is 0 Å². The van der Waals surface area contributed by atoms with Gasteiger partial charge in [0.25, 0.3) is 0 Å². The van der Waals surface area contributed by atoms with Gasteiger partial charge in [-0.2, -0.15) is 0 Å². The monoisotopic (exact) mass is 260 g/mol. The van der Waals surface area contributed by atoms with E-state index in [0.717, 1.165) is 0 Å². The number of carboxylic acid groups (broad SMARTS) is 1. The molecule has 0 aliphatic carbocycles. The highest BCUT2D eigenvalue weighted by Crippen LogP contribution is 2.29. The number of carbonyl (C=O) groups is 1. The number of aromatic hydroxyl groups is 1. The van der Waals surface area contributed by atoms with E-state index in [2.05, 4.69) is 0 Å². The number of aryl methyl sites for hydroxylation is 1. The van der Waals surface area contributed by atoms with Crippen molar-refractivity contribution in [2.75, 3.05) is 6.54 Å². The fourth-order valence-electron chi connectivity index (χ4n) is 1.55. The van der Waals surface area contributed by atoms with Crippen molar-refractivity contribution in [3.63, 3.8) is 0 Å². The summed E-state index contributed by atoms with van der Waals surface area (Å²) < 4.78 is 0. The summed E-state index contributed by atoms with van der Waals surface area (Å²) >= 11 is 0. The molecule has 5 nitrogen and oxygen atoms in total. The number of hydrogen-bond donors (Lipinski definition) is 4. The van der Waals surface area contributed by atoms with Gasteiger partial charge in [0.15, 0.2) is 0 Å². The molecule has 0 fully saturated rings. The van der Waals surface area contributed by atoms with Gasteiger partial charge in [-0.15, -0.1) is 12.4 Å². The fraction of sp³-hybridized carbons (Fsp3) is 0.364. The van der Waals surface area contributed by atoms with Crippen LogP contribution < -0.4 is 11.5 Å². The third-order valence-electron chi connectivity index (χ3n) is 2.45. The van der Waals surface area contributed by atoms with Gasteiger partial charge in [-0.3, -0.25) is 0 Å². The van der Waals surface area contributed by atoms with E-state index < -0.39 is 12.0 Å². The molecule has 17 heavy (non-hydrogen) atoms. The molecule has 1 rings (SSSR count). The molecule has 0 heterocycles. The Labute approximate surface area is 106 Å². The molecule has 0 bridgehead atoms. The highest BCUT2D eigenvalue weighted by Gasteiger charge is 2.16. The van der Waals surface area contributed by atoms with Gasteiger partial charge in [0.2, 0.25) is 0 Å². The second-order valence-electron chi connectivity index (χ2n) is 3.72. The molecular formula is C11H17ClN2O3. The molecule has 0 saturated carbocycles. The lowest BCUT2D eigenvalue weighted by Gasteiger charge is -2.15. The van der Waals surface area contributed by atoms with Crippen molar-refractivity contribution >= 4 is 18.4 Å². The van der Waals surface area contributed by atoms with Crippen molar-refractivity contribution in [2.24, 2.45) is 11.5 Å². The molecule has 0 aliphatic heterocycles. The van der Waals surface area contributed by atoms with E-state index >= 15 is 0 Å². The van der Waals surface area contributed by atoms with Crippen molar-refractivity contribution in [3.05, 3.63) is 28.8 Å². The van der Waals surface area contributed by atoms with Gasteiger partial charge >= 0.3 is 5.97 Å². The predicted molar refractivity (Wildman–Crippen MR) is 67.7 cm³/mol. The maximum Gasteiger partial charge on any atom is 0.335 e. The summed E-state index contributed by atoms with van der Waals surface area (Å²) in [5, 5.41) is 18.7. The van der Waals surface area contributed by atoms with Gasteiger partial charge in [-0.05, 0) is 37.6 Å². The first kappa shape index (κ1) is 15.7. The Bertz CT molecular complexity index is 410. The van der Waals surface area contributed by atoms with Crippen LogP contribution in [0.25, 0.3) is 0 Å². The molecule has 1 aromatic carbocycles. The van der Waals surface area contributed by atoms with Gasteiger partial charge in [0, 0.05) is 11.6 Å². The van der Waals surface area contributed by atoms with Gasteiger partial charge in [0.1, 0.15) is 5.75 Å². The lowest BCUT2D eigenvalue weighted by Crippen LogP contribution is -2.16. The second-order valence-corrected chi connectivity index (χ2v) is 3.72. The lowest BCUT2D eigenvalue weighted by molar-refractivity contribution is 0.0696. The van der Waals surface area contributed by atoms with Crippen LogP contribution in [-0.4, -0.2) is 22.7 Å². The Balaban J connectivity index is 0.00000256. The van der Waals surface area contributed by atoms with E-state index in [4.69, 9.17) is 16.6 Å². The average Bonchev–Trinajstić information content (AvgIpc) is 2.21. The van der Waals surface area contributed by atoms with E-state index in [0.29, 0.717) is 24.1 Å². The second kappa shape index (κ2) is 6.44. The van der Waals surface area contributed by atoms with Crippen LogP contribution in [0.1, 0.15) is 33.9 Å². The first-order chi connectivity index (χ1) is 7.47. The zero-order valence-electron chi connectivity index (χ0n) is 9.51. The third kappa shape index (κ3) is 3.59. The average molecular weight is 261 g/mol. The lowest BCUT2D eigenvalue weighted by atomic mass is 9.98. The number of hydrogen-bond acceptors (Lipinski definition) is 4. The Morgan fingerprint density at radius 1 is 1.47 bits per heavy atom. The number of halogens is 1. The number of nitrogens with two attached hydrogens (primary N) is 2. The number of aromatic carboxylic acids is 1. The summed E-state index contributed by atoms with van der Waals surface area (Å²) in [6, 6.07) is 2.37. The summed E-state index contributed by atoms with van der Waals surface area (Å²) in [5.41, 5.74) is 12.2. The standard InChI is InChI=1S/C11H16N2O3.ClH/c1-6-4-7(11(15)16)5-8(10(6)14)9(13)2-3-12;/h4-5,9,14H,2-3,12-13H2,1H3,(H,15,16);1H/t9-;/m0./s1. The maximum absolute atomic E-state index is 10.9. The molecule has 0 unspecified atom stereocenters. The Kier molecular flexibility index (Phi) is 5.95. The van der Waals surface area contributed by atoms with Gasteiger partial charge in [-0.25, -0.2) is 4.79 Å². The van der Waals surface area contributed by atoms with Crippen LogP contribution in [0.15, 0.2) is 12.1 Å². The molecule has 6 heteroatoms. The van der Waals surface area contributed by atoms with Crippen molar-refractivity contribution in [1.82, 2.24) is 0 Å². The molecular weight excluding hydrogens is 244 g/mol. The van der Waals surface area contributed by atoms with E-state index in [1.54, 1.807) is 6.92 Å². The van der Waals surface area contributed by atoms with E-state index in [-0.39, 0.29) is 23.7 Å². The first-order valence-corrected chi connectivity index (χ1v) is 4.99. The zero-order valence-corrected chi connectivity index (χ0v) is 10.3. The topological polar surface area (TPSA) is 110 Å². The highest BCUT2D eigenvalue weighted by atomic mass is 35.5. The number of phenols is 1. The Morgan fingerprint density at radius 3 is 2.53 bits per heavy atom. The number of carboxylic acids is 1. The van der Waals surface area contributed by atoms with Gasteiger partial charge < -0.3 is 21.7 Å². The maximum atomic E-state index is 10.9. The molecule has 1 atom stereocenters. The smallest absolute Gasteiger partial charge is 0.335 e. The number of benzene rings is 1. The molecule has 6 N–H and O–H groups in total. The van der Waals surface area contributed by atoms with Gasteiger partial charge in [-0.1, -0.05) is 0 Å². The molecule has 96 valence electrons. The van der Waals surface area contributed by atoms with Crippen LogP contribution in [0.4, 0.5) is 0 Å². The molecule has 0 spiro atoms. The van der Waals surface area contributed by atoms with Crippen molar-refractivity contribution in [3.8, 4) is 5.75 Å². The summed E-state index contributed by atoms with van der Waals surface area (Å²) in [5.74, 6) is -0.991. The molecule has 0 amide bonds. The third-order valence-corrected chi connectivity index (χ3v) is 2.45. The summed E-state index contributed by atoms with van der Waals surface area (Å²) in [4.78, 5) is 10.9. The predicted octanol–water partition coefficient (Wildman–Crippen LogP) is 1.17. The zero-order chi connectivity index (χ0) is 12.3. The van der Waals surface area contributed by atoms with Crippen molar-refractivity contribution < 1.29 is 15.0 Å². The number of rotatable bonds is 4. The Morgan fingerprint density at radius 2 is 2.06 bits per heavy atom. The van der Waals surface area contributed by atoms with Crippen LogP contribution in [0, 0.1) is 6.92 Å². The summed E-state index contributed by atoms with van der Waals surface area (Å²) in [6.45, 7) is 2.03. The summed E-state index contributed by atoms with van der Waals surface area (Å²) in [7, 11) is 0. The van der Waals surface area contributed by atoms with Crippen molar-refractivity contribution in [2.45, 2.75) is 19.4 Å². The minimum absolute atomic E-state index is 0. The van der Waals surface area contributed by atoms with Crippen LogP contribution in [-0.2, 0) is 0 Å². The van der Waals surface area contributed by atoms with Crippen LogP contribution in [0.3, 0.4) is 0 Å². The quantitative estimate of drug-likeness (QED) is 0.650. The molecule has 1 aromatic rings. The molecule has 0 aliphatic rings. The van der Waals surface area contributed by atoms with E-state index in [1.165, 1.54) is 12.1 Å². The molecule has 0 saturated heterocycles. The first-order valence-electron chi connectivity index (χ1n) is 4.99. The minimum Gasteiger partial charge on any atom is -0.507 e. The van der Waals surface area contributed by atoms with Gasteiger partial charge in [0.05, 0.1) is 5.56 Å². The number of phenolic OH excluding ortho intramolecular Hbond substituents is 1. The molecule has 0 aromatic heterocycles. The van der Waals surface area contributed by atoms with Crippen LogP contribution in [0.2, 0.25) is 0 Å². The normalized spacial score (nSPS) is 11.7. The summed E-state index contributed by atoms with van der Waals surface area (Å²) in [6.07, 6.45) is 0.496. The molecule has 0 radical (unpaired) electrons. The fourth-order valence-corrected chi connectivity index (χ4v) is 1.55. The largest absolute Gasteiger partial charge is 0.507 e. The highest BCUT2D eigenvalue weighted by molar-refractivity contribution is 5.88. The van der Waals surface area contributed by atoms with Crippen LogP contribution >= 0.6 is 12.4 Å². The minimum atomic E-state index is -1.04. The van der Waals surface area contributed by atoms with E-state index in [1.807, 2.05) is 0 Å². The van der Waals surface area contributed by atoms with Crippen LogP contribution in [0.5, 0.6) is 5.75 Å². The Hall–Kier alpha value is -1.30. The SMILES string of the molecule is Cc1cc(C(=O)O)cc([C@@H](N)CCN)c1O.Cl. The van der Waals surface area contributed by atoms with E-state index in [9.17, 15) is 9.90 Å².